The maximum absolute atomic E-state index is 9.09. The van der Waals surface area contributed by atoms with Crippen LogP contribution in [0.2, 0.25) is 0 Å². The Kier molecular flexibility index (Phi) is 4.77. The van der Waals surface area contributed by atoms with Gasteiger partial charge in [0.25, 0.3) is 0 Å². The first-order valence-electron chi connectivity index (χ1n) is 5.97. The van der Waals surface area contributed by atoms with Crippen molar-refractivity contribution in [2.75, 3.05) is 6.54 Å². The van der Waals surface area contributed by atoms with E-state index in [1.807, 2.05) is 19.9 Å². The molecule has 0 bridgehead atoms. The van der Waals surface area contributed by atoms with Gasteiger partial charge in [0.2, 0.25) is 0 Å². The molecule has 0 saturated carbocycles. The molecule has 2 N–H and O–H groups in total. The van der Waals surface area contributed by atoms with Crippen LogP contribution in [0.1, 0.15) is 33.6 Å². The number of nitrogens with zero attached hydrogens (tertiary/aromatic N) is 3. The molecule has 0 aliphatic carbocycles. The summed E-state index contributed by atoms with van der Waals surface area (Å²) < 4.78 is 0. The van der Waals surface area contributed by atoms with Gasteiger partial charge in [-0.3, -0.25) is 0 Å². The van der Waals surface area contributed by atoms with Gasteiger partial charge in [0.05, 0.1) is 6.21 Å². The third-order valence-corrected chi connectivity index (χ3v) is 2.98. The first-order chi connectivity index (χ1) is 8.10. The fourth-order valence-electron chi connectivity index (χ4n) is 1.78. The molecule has 4 heteroatoms. The summed E-state index contributed by atoms with van der Waals surface area (Å²) in [5, 5.41) is 9.09. The van der Waals surface area contributed by atoms with E-state index in [2.05, 4.69) is 22.9 Å². The van der Waals surface area contributed by atoms with Crippen LogP contribution < -0.4 is 5.73 Å². The van der Waals surface area contributed by atoms with Crippen LogP contribution in [0.5, 0.6) is 0 Å². The standard InChI is InChI=1S/C13H20N4/c1-4-5-12(15)9-16-13(8-14)11(3)17-7-6-10(17)2/h5,9-10H,4,6-7,15H2,1-3H3/b12-5-,13-11+,16-9+. The number of hydrogen-bond acceptors (Lipinski definition) is 4. The molecule has 1 unspecified atom stereocenters. The quantitative estimate of drug-likeness (QED) is 0.596. The maximum Gasteiger partial charge on any atom is 0.159 e. The summed E-state index contributed by atoms with van der Waals surface area (Å²) in [7, 11) is 0. The zero-order valence-electron chi connectivity index (χ0n) is 10.8. The highest BCUT2D eigenvalue weighted by Gasteiger charge is 2.25. The second kappa shape index (κ2) is 6.09. The van der Waals surface area contributed by atoms with Crippen molar-refractivity contribution in [2.24, 2.45) is 10.7 Å². The maximum atomic E-state index is 9.09. The van der Waals surface area contributed by atoms with Crippen molar-refractivity contribution < 1.29 is 0 Å². The molecule has 0 amide bonds. The number of allylic oxidation sites excluding steroid dienone is 4. The van der Waals surface area contributed by atoms with Gasteiger partial charge in [-0.25, -0.2) is 4.99 Å². The number of likely N-dealkylation sites (tertiary alicyclic amines) is 1. The van der Waals surface area contributed by atoms with Gasteiger partial charge in [0.15, 0.2) is 5.70 Å². The molecule has 0 aromatic carbocycles. The highest BCUT2D eigenvalue weighted by Crippen LogP contribution is 2.24. The molecule has 92 valence electrons. The van der Waals surface area contributed by atoms with Gasteiger partial charge < -0.3 is 10.6 Å². The minimum Gasteiger partial charge on any atom is -0.398 e. The molecule has 0 aromatic heterocycles. The van der Waals surface area contributed by atoms with Crippen LogP contribution in [-0.2, 0) is 0 Å². The SMILES string of the molecule is CC/C=C(N)/C=N/C(C#N)=C(\C)N1CCC1C. The summed E-state index contributed by atoms with van der Waals surface area (Å²) in [5.41, 5.74) is 7.69. The normalized spacial score (nSPS) is 22.1. The Morgan fingerprint density at radius 3 is 2.76 bits per heavy atom. The van der Waals surface area contributed by atoms with Crippen molar-refractivity contribution in [3.05, 3.63) is 23.2 Å². The lowest BCUT2D eigenvalue weighted by Gasteiger charge is -2.41. The third-order valence-electron chi connectivity index (χ3n) is 2.98. The second-order valence-electron chi connectivity index (χ2n) is 4.25. The van der Waals surface area contributed by atoms with E-state index in [1.165, 1.54) is 6.42 Å². The van der Waals surface area contributed by atoms with Crippen molar-refractivity contribution >= 4 is 6.21 Å². The second-order valence-corrected chi connectivity index (χ2v) is 4.25. The highest BCUT2D eigenvalue weighted by atomic mass is 15.2. The lowest BCUT2D eigenvalue weighted by molar-refractivity contribution is 0.151. The first kappa shape index (κ1) is 13.3. The lowest BCUT2D eigenvalue weighted by atomic mass is 10.0. The van der Waals surface area contributed by atoms with Crippen LogP contribution in [0.15, 0.2) is 28.2 Å². The van der Waals surface area contributed by atoms with Gasteiger partial charge in [0, 0.05) is 24.0 Å². The largest absolute Gasteiger partial charge is 0.398 e. The molecule has 0 spiro atoms. The number of hydrogen-bond donors (Lipinski definition) is 1. The zero-order chi connectivity index (χ0) is 12.8. The van der Waals surface area contributed by atoms with Crippen molar-refractivity contribution in [1.82, 2.24) is 4.90 Å². The third kappa shape index (κ3) is 3.35. The van der Waals surface area contributed by atoms with Crippen molar-refractivity contribution in [3.63, 3.8) is 0 Å². The summed E-state index contributed by atoms with van der Waals surface area (Å²) in [6.45, 7) is 7.10. The monoisotopic (exact) mass is 232 g/mol. The van der Waals surface area contributed by atoms with Crippen LogP contribution >= 0.6 is 0 Å². The van der Waals surface area contributed by atoms with Gasteiger partial charge in [-0.1, -0.05) is 13.0 Å². The fourth-order valence-corrected chi connectivity index (χ4v) is 1.78. The fraction of sp³-hybridized carbons (Fsp3) is 0.538. The number of aliphatic imine (C=N–C) groups is 1. The summed E-state index contributed by atoms with van der Waals surface area (Å²) >= 11 is 0. The molecule has 1 aliphatic rings. The molecule has 17 heavy (non-hydrogen) atoms. The van der Waals surface area contributed by atoms with Gasteiger partial charge in [0.1, 0.15) is 6.07 Å². The van der Waals surface area contributed by atoms with Gasteiger partial charge in [-0.15, -0.1) is 0 Å². The summed E-state index contributed by atoms with van der Waals surface area (Å²) in [6, 6.07) is 2.64. The highest BCUT2D eigenvalue weighted by molar-refractivity contribution is 5.78. The lowest BCUT2D eigenvalue weighted by Crippen LogP contribution is -2.44. The Morgan fingerprint density at radius 2 is 2.35 bits per heavy atom. The molecular formula is C13H20N4. The average molecular weight is 232 g/mol. The van der Waals surface area contributed by atoms with Crippen LogP contribution in [0.4, 0.5) is 0 Å². The number of rotatable bonds is 4. The summed E-state index contributed by atoms with van der Waals surface area (Å²) in [6.07, 6.45) is 5.47. The number of nitriles is 1. The minimum absolute atomic E-state index is 0.448. The van der Waals surface area contributed by atoms with E-state index in [1.54, 1.807) is 6.21 Å². The molecule has 1 atom stereocenters. The Morgan fingerprint density at radius 1 is 1.65 bits per heavy atom. The average Bonchev–Trinajstić information content (AvgIpc) is 2.28. The van der Waals surface area contributed by atoms with Crippen LogP contribution in [-0.4, -0.2) is 23.7 Å². The molecule has 4 nitrogen and oxygen atoms in total. The Hall–Kier alpha value is -1.76. The molecular weight excluding hydrogens is 212 g/mol. The Labute approximate surface area is 103 Å². The van der Waals surface area contributed by atoms with Gasteiger partial charge >= 0.3 is 0 Å². The van der Waals surface area contributed by atoms with E-state index in [4.69, 9.17) is 11.0 Å². The van der Waals surface area contributed by atoms with Crippen molar-refractivity contribution in [1.29, 1.82) is 5.26 Å². The Balaban J connectivity index is 2.81. The minimum atomic E-state index is 0.448. The topological polar surface area (TPSA) is 65.4 Å². The predicted octanol–water partition coefficient (Wildman–Crippen LogP) is 2.16. The molecule has 1 saturated heterocycles. The zero-order valence-corrected chi connectivity index (χ0v) is 10.8. The van der Waals surface area contributed by atoms with Gasteiger partial charge in [-0.05, 0) is 26.7 Å². The van der Waals surface area contributed by atoms with E-state index in [9.17, 15) is 0 Å². The Bertz CT molecular complexity index is 398. The smallest absolute Gasteiger partial charge is 0.159 e. The van der Waals surface area contributed by atoms with Crippen LogP contribution in [0.3, 0.4) is 0 Å². The molecule has 0 aromatic rings. The molecule has 1 heterocycles. The summed E-state index contributed by atoms with van der Waals surface area (Å²) in [4.78, 5) is 6.35. The molecule has 1 rings (SSSR count). The van der Waals surface area contributed by atoms with E-state index < -0.39 is 0 Å². The first-order valence-corrected chi connectivity index (χ1v) is 5.97. The van der Waals surface area contributed by atoms with Gasteiger partial charge in [-0.2, -0.15) is 5.26 Å². The van der Waals surface area contributed by atoms with Crippen LogP contribution in [0.25, 0.3) is 0 Å². The van der Waals surface area contributed by atoms with E-state index in [-0.39, 0.29) is 0 Å². The van der Waals surface area contributed by atoms with E-state index in [0.29, 0.717) is 17.4 Å². The van der Waals surface area contributed by atoms with Crippen molar-refractivity contribution in [2.45, 2.75) is 39.7 Å². The van der Waals surface area contributed by atoms with Crippen molar-refractivity contribution in [3.8, 4) is 6.07 Å². The predicted molar refractivity (Wildman–Crippen MR) is 70.2 cm³/mol. The molecule has 1 fully saturated rings. The van der Waals surface area contributed by atoms with Crippen LogP contribution in [0, 0.1) is 11.3 Å². The summed E-state index contributed by atoms with van der Waals surface area (Å²) in [5.74, 6) is 0. The molecule has 1 aliphatic heterocycles. The number of nitrogens with two attached hydrogens (primary N) is 1. The van der Waals surface area contributed by atoms with E-state index in [0.717, 1.165) is 18.7 Å². The van der Waals surface area contributed by atoms with E-state index >= 15 is 0 Å². The molecule has 0 radical (unpaired) electrons.